The minimum absolute atomic E-state index is 0.214. The van der Waals surface area contributed by atoms with Crippen LogP contribution in [-0.2, 0) is 0 Å². The van der Waals surface area contributed by atoms with E-state index in [0.717, 1.165) is 5.56 Å². The number of nitrogens with zero attached hydrogens (tertiary/aromatic N) is 3. The lowest BCUT2D eigenvalue weighted by Crippen LogP contribution is -1.87. The van der Waals surface area contributed by atoms with Crippen LogP contribution in [0.1, 0.15) is 5.56 Å². The third-order valence-electron chi connectivity index (χ3n) is 1.86. The van der Waals surface area contributed by atoms with Gasteiger partial charge in [-0.3, -0.25) is 10.1 Å². The van der Waals surface area contributed by atoms with E-state index in [0.29, 0.717) is 11.3 Å². The molecule has 0 saturated heterocycles. The Morgan fingerprint density at radius 3 is 3.00 bits per heavy atom. The van der Waals surface area contributed by atoms with Gasteiger partial charge in [0.2, 0.25) is 0 Å². The highest BCUT2D eigenvalue weighted by atomic mass is 15.2. The Hall–Kier alpha value is -2.35. The molecule has 14 heavy (non-hydrogen) atoms. The average Bonchev–Trinajstić information content (AvgIpc) is 2.61. The first-order valence-corrected chi connectivity index (χ1v) is 3.97. The minimum Gasteiger partial charge on any atom is -0.381 e. The van der Waals surface area contributed by atoms with Crippen molar-refractivity contribution in [1.29, 1.82) is 5.26 Å². The van der Waals surface area contributed by atoms with Gasteiger partial charge in [-0.05, 0) is 12.1 Å². The van der Waals surface area contributed by atoms with Gasteiger partial charge in [-0.1, -0.05) is 0 Å². The number of rotatable bonds is 1. The lowest BCUT2D eigenvalue weighted by Gasteiger charge is -1.95. The number of aromatic nitrogens is 3. The molecule has 2 aromatic heterocycles. The summed E-state index contributed by atoms with van der Waals surface area (Å²) < 4.78 is 0. The van der Waals surface area contributed by atoms with Crippen LogP contribution in [0.2, 0.25) is 0 Å². The maximum Gasteiger partial charge on any atom is 0.163 e. The largest absolute Gasteiger partial charge is 0.381 e. The van der Waals surface area contributed by atoms with Gasteiger partial charge < -0.3 is 5.73 Å². The summed E-state index contributed by atoms with van der Waals surface area (Å²) in [6, 6.07) is 5.62. The second-order valence-electron chi connectivity index (χ2n) is 2.71. The normalized spacial score (nSPS) is 9.64. The summed E-state index contributed by atoms with van der Waals surface area (Å²) in [5.74, 6) is 0.214. The smallest absolute Gasteiger partial charge is 0.163 e. The van der Waals surface area contributed by atoms with Crippen molar-refractivity contribution >= 4 is 5.82 Å². The topological polar surface area (TPSA) is 91.4 Å². The fourth-order valence-electron chi connectivity index (χ4n) is 1.19. The summed E-state index contributed by atoms with van der Waals surface area (Å²) in [7, 11) is 0. The van der Waals surface area contributed by atoms with Crippen molar-refractivity contribution < 1.29 is 0 Å². The molecule has 0 bridgehead atoms. The molecule has 0 saturated carbocycles. The number of nitrogens with two attached hydrogens (primary N) is 1. The predicted octanol–water partition coefficient (Wildman–Crippen LogP) is 0.926. The fourth-order valence-corrected chi connectivity index (χ4v) is 1.19. The van der Waals surface area contributed by atoms with Crippen LogP contribution in [0.4, 0.5) is 5.82 Å². The van der Waals surface area contributed by atoms with Crippen LogP contribution in [0.15, 0.2) is 24.5 Å². The third kappa shape index (κ3) is 1.19. The van der Waals surface area contributed by atoms with Crippen molar-refractivity contribution in [3.63, 3.8) is 0 Å². The summed E-state index contributed by atoms with van der Waals surface area (Å²) in [6.07, 6.45) is 3.31. The van der Waals surface area contributed by atoms with E-state index >= 15 is 0 Å². The van der Waals surface area contributed by atoms with Gasteiger partial charge in [0.05, 0.1) is 5.69 Å². The van der Waals surface area contributed by atoms with E-state index in [4.69, 9.17) is 11.0 Å². The van der Waals surface area contributed by atoms with Gasteiger partial charge >= 0.3 is 0 Å². The second-order valence-corrected chi connectivity index (χ2v) is 2.71. The monoisotopic (exact) mass is 185 g/mol. The molecule has 2 rings (SSSR count). The molecule has 2 aromatic rings. The maximum atomic E-state index is 8.84. The van der Waals surface area contributed by atoms with E-state index in [1.807, 2.05) is 12.1 Å². The molecule has 0 aliphatic carbocycles. The lowest BCUT2D eigenvalue weighted by molar-refractivity contribution is 1.10. The van der Waals surface area contributed by atoms with Crippen LogP contribution in [-0.4, -0.2) is 15.2 Å². The number of nitriles is 1. The molecule has 0 atom stereocenters. The zero-order valence-corrected chi connectivity index (χ0v) is 7.23. The first-order chi connectivity index (χ1) is 6.83. The predicted molar refractivity (Wildman–Crippen MR) is 50.9 cm³/mol. The molecule has 0 aromatic carbocycles. The van der Waals surface area contributed by atoms with Crippen LogP contribution in [0, 0.1) is 11.3 Å². The summed E-state index contributed by atoms with van der Waals surface area (Å²) in [5.41, 5.74) is 7.27. The van der Waals surface area contributed by atoms with Crippen LogP contribution >= 0.6 is 0 Å². The Labute approximate surface area is 80.2 Å². The molecule has 5 heteroatoms. The van der Waals surface area contributed by atoms with Crippen molar-refractivity contribution in [3.05, 3.63) is 30.1 Å². The van der Waals surface area contributed by atoms with E-state index in [1.165, 1.54) is 0 Å². The molecule has 0 unspecified atom stereocenters. The highest BCUT2D eigenvalue weighted by Crippen LogP contribution is 2.22. The van der Waals surface area contributed by atoms with Gasteiger partial charge in [0.1, 0.15) is 11.6 Å². The van der Waals surface area contributed by atoms with E-state index in [-0.39, 0.29) is 5.82 Å². The zero-order chi connectivity index (χ0) is 9.97. The Morgan fingerprint density at radius 2 is 2.36 bits per heavy atom. The highest BCUT2D eigenvalue weighted by molar-refractivity contribution is 5.71. The van der Waals surface area contributed by atoms with E-state index in [2.05, 4.69) is 15.2 Å². The average molecular weight is 185 g/mol. The molecule has 0 aliphatic heterocycles. The zero-order valence-electron chi connectivity index (χ0n) is 7.23. The molecular formula is C9H7N5. The number of anilines is 1. The molecule has 5 nitrogen and oxygen atoms in total. The van der Waals surface area contributed by atoms with Gasteiger partial charge in [-0.2, -0.15) is 10.4 Å². The SMILES string of the molecule is N#Cc1c(N)n[nH]c1-c1cccnc1. The van der Waals surface area contributed by atoms with Gasteiger partial charge in [0.15, 0.2) is 5.82 Å². The Morgan fingerprint density at radius 1 is 1.50 bits per heavy atom. The molecular weight excluding hydrogens is 178 g/mol. The summed E-state index contributed by atoms with van der Waals surface area (Å²) >= 11 is 0. The molecule has 68 valence electrons. The number of nitrogens with one attached hydrogen (secondary N) is 1. The van der Waals surface area contributed by atoms with Gasteiger partial charge in [-0.25, -0.2) is 0 Å². The van der Waals surface area contributed by atoms with Crippen LogP contribution in [0.25, 0.3) is 11.3 Å². The van der Waals surface area contributed by atoms with Gasteiger partial charge in [-0.15, -0.1) is 0 Å². The Balaban J connectivity index is 2.59. The van der Waals surface area contributed by atoms with E-state index in [1.54, 1.807) is 18.5 Å². The lowest BCUT2D eigenvalue weighted by atomic mass is 10.1. The van der Waals surface area contributed by atoms with E-state index in [9.17, 15) is 0 Å². The number of hydrogen-bond acceptors (Lipinski definition) is 4. The van der Waals surface area contributed by atoms with Gasteiger partial charge in [0.25, 0.3) is 0 Å². The van der Waals surface area contributed by atoms with Crippen molar-refractivity contribution in [2.45, 2.75) is 0 Å². The first-order valence-electron chi connectivity index (χ1n) is 3.97. The maximum absolute atomic E-state index is 8.84. The Kier molecular flexibility index (Phi) is 1.88. The highest BCUT2D eigenvalue weighted by Gasteiger charge is 2.11. The van der Waals surface area contributed by atoms with Crippen LogP contribution in [0.5, 0.6) is 0 Å². The van der Waals surface area contributed by atoms with Crippen LogP contribution < -0.4 is 5.73 Å². The molecule has 0 radical (unpaired) electrons. The molecule has 0 spiro atoms. The van der Waals surface area contributed by atoms with Crippen LogP contribution in [0.3, 0.4) is 0 Å². The number of pyridine rings is 1. The first kappa shape index (κ1) is 8.26. The number of nitrogen functional groups attached to an aromatic ring is 1. The molecule has 3 N–H and O–H groups in total. The van der Waals surface area contributed by atoms with Crippen molar-refractivity contribution in [2.75, 3.05) is 5.73 Å². The summed E-state index contributed by atoms with van der Waals surface area (Å²) in [6.45, 7) is 0. The second kappa shape index (κ2) is 3.18. The third-order valence-corrected chi connectivity index (χ3v) is 1.86. The number of hydrogen-bond donors (Lipinski definition) is 2. The molecule has 0 aliphatic rings. The Bertz CT molecular complexity index is 480. The molecule has 0 fully saturated rings. The van der Waals surface area contributed by atoms with Crippen molar-refractivity contribution in [2.24, 2.45) is 0 Å². The van der Waals surface area contributed by atoms with E-state index < -0.39 is 0 Å². The number of aromatic amines is 1. The quantitative estimate of drug-likeness (QED) is 0.691. The standard InChI is InChI=1S/C9H7N5/c10-4-7-8(13-14-9(7)11)6-2-1-3-12-5-6/h1-3,5H,(H3,11,13,14). The van der Waals surface area contributed by atoms with Gasteiger partial charge in [0, 0.05) is 18.0 Å². The molecule has 2 heterocycles. The van der Waals surface area contributed by atoms with Crippen molar-refractivity contribution in [1.82, 2.24) is 15.2 Å². The fraction of sp³-hybridized carbons (Fsp3) is 0. The number of H-pyrrole nitrogens is 1. The summed E-state index contributed by atoms with van der Waals surface area (Å²) in [5, 5.41) is 15.3. The summed E-state index contributed by atoms with van der Waals surface area (Å²) in [4.78, 5) is 3.95. The minimum atomic E-state index is 0.214. The molecule has 0 amide bonds. The van der Waals surface area contributed by atoms with Crippen molar-refractivity contribution in [3.8, 4) is 17.3 Å².